The summed E-state index contributed by atoms with van der Waals surface area (Å²) in [4.78, 5) is 25.0. The lowest BCUT2D eigenvalue weighted by atomic mass is 10.00. The molecule has 0 saturated heterocycles. The maximum Gasteiger partial charge on any atom is 0.338 e. The summed E-state index contributed by atoms with van der Waals surface area (Å²) in [6, 6.07) is 23.2. The van der Waals surface area contributed by atoms with Crippen LogP contribution in [0, 0.1) is 6.92 Å². The molecule has 0 bridgehead atoms. The third-order valence-electron chi connectivity index (χ3n) is 4.81. The second-order valence-electron chi connectivity index (χ2n) is 6.91. The van der Waals surface area contributed by atoms with Crippen molar-refractivity contribution in [2.24, 2.45) is 0 Å². The number of benzene rings is 3. The van der Waals surface area contributed by atoms with E-state index in [2.05, 4.69) is 5.32 Å². The maximum absolute atomic E-state index is 12.6. The predicted molar refractivity (Wildman–Crippen MR) is 115 cm³/mol. The van der Waals surface area contributed by atoms with Crippen LogP contribution >= 0.6 is 0 Å². The van der Waals surface area contributed by atoms with Crippen LogP contribution in [0.25, 0.3) is 0 Å². The molecule has 3 aromatic rings. The smallest absolute Gasteiger partial charge is 0.338 e. The lowest BCUT2D eigenvalue weighted by Gasteiger charge is -2.13. The van der Waals surface area contributed by atoms with E-state index in [1.54, 1.807) is 12.1 Å². The summed E-state index contributed by atoms with van der Waals surface area (Å²) in [5, 5.41) is 2.87. The number of para-hydroxylation sites is 1. The number of nitrogens with one attached hydrogen (secondary N) is 1. The van der Waals surface area contributed by atoms with E-state index in [-0.39, 0.29) is 12.5 Å². The number of hydrogen-bond donors (Lipinski definition) is 1. The first kappa shape index (κ1) is 20.3. The Hall–Kier alpha value is -3.40. The number of hydrogen-bond acceptors (Lipinski definition) is 3. The molecule has 0 atom stereocenters. The number of anilines is 1. The highest BCUT2D eigenvalue weighted by Gasteiger charge is 2.15. The Morgan fingerprint density at radius 2 is 1.55 bits per heavy atom. The van der Waals surface area contributed by atoms with Crippen molar-refractivity contribution < 1.29 is 14.3 Å². The second-order valence-corrected chi connectivity index (χ2v) is 6.91. The van der Waals surface area contributed by atoms with Gasteiger partial charge < -0.3 is 10.1 Å². The van der Waals surface area contributed by atoms with E-state index < -0.39 is 5.97 Å². The summed E-state index contributed by atoms with van der Waals surface area (Å²) in [6.07, 6.45) is 1.44. The van der Waals surface area contributed by atoms with Gasteiger partial charge in [-0.05, 0) is 48.1 Å². The number of ether oxygens (including phenoxy) is 1. The van der Waals surface area contributed by atoms with Crippen molar-refractivity contribution >= 4 is 17.6 Å². The van der Waals surface area contributed by atoms with Gasteiger partial charge in [0.25, 0.3) is 5.91 Å². The van der Waals surface area contributed by atoms with Gasteiger partial charge in [-0.3, -0.25) is 4.79 Å². The molecular weight excluding hydrogens is 362 g/mol. The van der Waals surface area contributed by atoms with Gasteiger partial charge in [-0.1, -0.05) is 73.7 Å². The Morgan fingerprint density at radius 3 is 2.31 bits per heavy atom. The van der Waals surface area contributed by atoms with E-state index in [0.29, 0.717) is 12.0 Å². The summed E-state index contributed by atoms with van der Waals surface area (Å²) >= 11 is 0. The molecular formula is C25H25NO3. The lowest BCUT2D eigenvalue weighted by molar-refractivity contribution is -0.119. The zero-order valence-corrected chi connectivity index (χ0v) is 16.8. The molecule has 0 unspecified atom stereocenters. The SMILES string of the molecule is CCc1cccc(C)c1NC(=O)COC(=O)c1ccccc1Cc1ccccc1. The number of rotatable bonds is 7. The molecule has 1 N–H and O–H groups in total. The van der Waals surface area contributed by atoms with Gasteiger partial charge >= 0.3 is 5.97 Å². The van der Waals surface area contributed by atoms with Crippen LogP contribution in [-0.4, -0.2) is 18.5 Å². The third-order valence-corrected chi connectivity index (χ3v) is 4.81. The summed E-state index contributed by atoms with van der Waals surface area (Å²) < 4.78 is 5.30. The van der Waals surface area contributed by atoms with E-state index >= 15 is 0 Å². The molecule has 3 aromatic carbocycles. The van der Waals surface area contributed by atoms with Crippen LogP contribution < -0.4 is 5.32 Å². The lowest BCUT2D eigenvalue weighted by Crippen LogP contribution is -2.22. The van der Waals surface area contributed by atoms with Gasteiger partial charge in [0.05, 0.1) is 5.56 Å². The molecule has 0 fully saturated rings. The molecule has 0 aliphatic heterocycles. The first-order chi connectivity index (χ1) is 14.1. The van der Waals surface area contributed by atoms with Crippen molar-refractivity contribution in [3.8, 4) is 0 Å². The summed E-state index contributed by atoms with van der Waals surface area (Å²) in [6.45, 7) is 3.66. The molecule has 0 spiro atoms. The highest BCUT2D eigenvalue weighted by Crippen LogP contribution is 2.21. The van der Waals surface area contributed by atoms with Crippen molar-refractivity contribution in [2.45, 2.75) is 26.7 Å². The number of aryl methyl sites for hydroxylation is 2. The largest absolute Gasteiger partial charge is 0.452 e. The summed E-state index contributed by atoms with van der Waals surface area (Å²) in [5.74, 6) is -0.838. The first-order valence-electron chi connectivity index (χ1n) is 9.75. The van der Waals surface area contributed by atoms with E-state index in [4.69, 9.17) is 4.74 Å². The highest BCUT2D eigenvalue weighted by atomic mass is 16.5. The molecule has 1 amide bonds. The Bertz CT molecular complexity index is 996. The van der Waals surface area contributed by atoms with Crippen LogP contribution in [0.4, 0.5) is 5.69 Å². The van der Waals surface area contributed by atoms with Crippen molar-refractivity contribution in [3.63, 3.8) is 0 Å². The van der Waals surface area contributed by atoms with Crippen LogP contribution in [0.15, 0.2) is 72.8 Å². The van der Waals surface area contributed by atoms with Gasteiger partial charge in [0, 0.05) is 5.69 Å². The van der Waals surface area contributed by atoms with Gasteiger partial charge in [0.2, 0.25) is 0 Å². The van der Waals surface area contributed by atoms with Gasteiger partial charge in [-0.15, -0.1) is 0 Å². The van der Waals surface area contributed by atoms with Gasteiger partial charge in [0.1, 0.15) is 0 Å². The second kappa shape index (κ2) is 9.69. The van der Waals surface area contributed by atoms with E-state index in [1.165, 1.54) is 0 Å². The van der Waals surface area contributed by atoms with Crippen LogP contribution in [-0.2, 0) is 22.4 Å². The molecule has 4 nitrogen and oxygen atoms in total. The number of carbonyl (C=O) groups excluding carboxylic acids is 2. The minimum atomic E-state index is -0.493. The highest BCUT2D eigenvalue weighted by molar-refractivity contribution is 5.97. The monoisotopic (exact) mass is 387 g/mol. The average Bonchev–Trinajstić information content (AvgIpc) is 2.74. The van der Waals surface area contributed by atoms with Crippen molar-refractivity contribution in [1.82, 2.24) is 0 Å². The van der Waals surface area contributed by atoms with Crippen LogP contribution in [0.3, 0.4) is 0 Å². The minimum Gasteiger partial charge on any atom is -0.452 e. The number of carbonyl (C=O) groups is 2. The van der Waals surface area contributed by atoms with Crippen LogP contribution in [0.2, 0.25) is 0 Å². The number of amides is 1. The normalized spacial score (nSPS) is 10.4. The Labute approximate surface area is 171 Å². The molecule has 0 aliphatic rings. The van der Waals surface area contributed by atoms with Crippen LogP contribution in [0.1, 0.15) is 39.5 Å². The molecule has 3 rings (SSSR count). The van der Waals surface area contributed by atoms with Crippen molar-refractivity contribution in [1.29, 1.82) is 0 Å². The topological polar surface area (TPSA) is 55.4 Å². The maximum atomic E-state index is 12.6. The van der Waals surface area contributed by atoms with E-state index in [0.717, 1.165) is 34.4 Å². The molecule has 0 saturated carbocycles. The minimum absolute atomic E-state index is 0.323. The van der Waals surface area contributed by atoms with Crippen molar-refractivity contribution in [3.05, 3.63) is 101 Å². The molecule has 148 valence electrons. The zero-order chi connectivity index (χ0) is 20.6. The zero-order valence-electron chi connectivity index (χ0n) is 16.8. The molecule has 0 heterocycles. The van der Waals surface area contributed by atoms with Gasteiger partial charge in [-0.2, -0.15) is 0 Å². The molecule has 0 aromatic heterocycles. The average molecular weight is 387 g/mol. The third kappa shape index (κ3) is 5.32. The van der Waals surface area contributed by atoms with E-state index in [9.17, 15) is 9.59 Å². The number of esters is 1. The Balaban J connectivity index is 1.65. The first-order valence-corrected chi connectivity index (χ1v) is 9.75. The molecule has 0 aliphatic carbocycles. The van der Waals surface area contributed by atoms with Crippen molar-refractivity contribution in [2.75, 3.05) is 11.9 Å². The summed E-state index contributed by atoms with van der Waals surface area (Å²) in [7, 11) is 0. The Morgan fingerprint density at radius 1 is 0.862 bits per heavy atom. The molecule has 29 heavy (non-hydrogen) atoms. The fraction of sp³-hybridized carbons (Fsp3) is 0.200. The predicted octanol–water partition coefficient (Wildman–Crippen LogP) is 4.94. The van der Waals surface area contributed by atoms with Gasteiger partial charge in [0.15, 0.2) is 6.61 Å². The van der Waals surface area contributed by atoms with Crippen LogP contribution in [0.5, 0.6) is 0 Å². The molecule has 0 radical (unpaired) electrons. The summed E-state index contributed by atoms with van der Waals surface area (Å²) in [5.41, 5.74) is 5.29. The van der Waals surface area contributed by atoms with E-state index in [1.807, 2.05) is 74.5 Å². The standard InChI is InChI=1S/C25H25NO3/c1-3-20-14-9-10-18(2)24(20)26-23(27)17-29-25(28)22-15-8-7-13-21(22)16-19-11-5-4-6-12-19/h4-15H,3,16-17H2,1-2H3,(H,26,27). The fourth-order valence-electron chi connectivity index (χ4n) is 3.28. The Kier molecular flexibility index (Phi) is 6.80. The van der Waals surface area contributed by atoms with Gasteiger partial charge in [-0.25, -0.2) is 4.79 Å². The quantitative estimate of drug-likeness (QED) is 0.584. The fourth-order valence-corrected chi connectivity index (χ4v) is 3.28. The molecule has 4 heteroatoms.